The molecule has 0 amide bonds. The topological polar surface area (TPSA) is 79.1 Å². The number of anilines is 1. The molecule has 3 aromatic rings. The minimum atomic E-state index is 0.173. The fourth-order valence-corrected chi connectivity index (χ4v) is 3.53. The molecule has 140 valence electrons. The van der Waals surface area contributed by atoms with Gasteiger partial charge in [-0.15, -0.1) is 0 Å². The molecule has 7 nitrogen and oxygen atoms in total. The third-order valence-electron chi connectivity index (χ3n) is 5.15. The number of nitrogens with one attached hydrogen (secondary N) is 1. The lowest BCUT2D eigenvalue weighted by Gasteiger charge is -2.27. The number of imidazole rings is 1. The van der Waals surface area contributed by atoms with Gasteiger partial charge in [0.05, 0.1) is 30.1 Å². The van der Waals surface area contributed by atoms with Crippen molar-refractivity contribution in [1.29, 1.82) is 0 Å². The summed E-state index contributed by atoms with van der Waals surface area (Å²) < 4.78 is 1.84. The van der Waals surface area contributed by atoms with E-state index in [0.29, 0.717) is 17.3 Å². The molecule has 0 unspecified atom stereocenters. The van der Waals surface area contributed by atoms with Crippen molar-refractivity contribution in [1.82, 2.24) is 24.8 Å². The smallest absolute Gasteiger partial charge is 0.147 e. The molecule has 1 aromatic carbocycles. The fourth-order valence-electron chi connectivity index (χ4n) is 3.53. The highest BCUT2D eigenvalue weighted by molar-refractivity contribution is 5.68. The van der Waals surface area contributed by atoms with Crippen LogP contribution in [0.15, 0.2) is 49.3 Å². The van der Waals surface area contributed by atoms with Crippen molar-refractivity contribution >= 4 is 5.82 Å². The van der Waals surface area contributed by atoms with Crippen molar-refractivity contribution in [3.05, 3.63) is 49.3 Å². The average molecular weight is 364 g/mol. The Kier molecular flexibility index (Phi) is 5.02. The first kappa shape index (κ1) is 17.5. The van der Waals surface area contributed by atoms with E-state index in [4.69, 9.17) is 0 Å². The number of phenolic OH excluding ortho intramolecular Hbond substituents is 1. The molecule has 1 aliphatic heterocycles. The van der Waals surface area contributed by atoms with E-state index in [1.807, 2.05) is 22.9 Å². The molecule has 27 heavy (non-hydrogen) atoms. The summed E-state index contributed by atoms with van der Waals surface area (Å²) in [6, 6.07) is 5.96. The van der Waals surface area contributed by atoms with E-state index in [0.717, 1.165) is 37.4 Å². The Balaban J connectivity index is 1.53. The second-order valence-corrected chi connectivity index (χ2v) is 6.88. The van der Waals surface area contributed by atoms with E-state index in [1.165, 1.54) is 6.42 Å². The zero-order chi connectivity index (χ0) is 18.6. The molecule has 2 N–H and O–H groups in total. The molecule has 4 rings (SSSR count). The lowest BCUT2D eigenvalue weighted by molar-refractivity contribution is 0.477. The zero-order valence-electron chi connectivity index (χ0n) is 15.4. The van der Waals surface area contributed by atoms with Crippen molar-refractivity contribution in [3.8, 4) is 22.7 Å². The van der Waals surface area contributed by atoms with Crippen LogP contribution in [0.3, 0.4) is 0 Å². The summed E-state index contributed by atoms with van der Waals surface area (Å²) in [6.45, 7) is 2.13. The molecular formula is C20H24N6O. The Morgan fingerprint density at radius 3 is 2.85 bits per heavy atom. The van der Waals surface area contributed by atoms with Crippen LogP contribution in [0.1, 0.15) is 19.3 Å². The predicted octanol–water partition coefficient (Wildman–Crippen LogP) is 2.61. The lowest BCUT2D eigenvalue weighted by atomic mass is 10.1. The van der Waals surface area contributed by atoms with Crippen molar-refractivity contribution < 1.29 is 5.11 Å². The normalized spacial score (nSPS) is 17.4. The van der Waals surface area contributed by atoms with Crippen LogP contribution in [0.5, 0.6) is 5.75 Å². The Morgan fingerprint density at radius 1 is 1.19 bits per heavy atom. The molecule has 0 spiro atoms. The van der Waals surface area contributed by atoms with E-state index in [9.17, 15) is 5.11 Å². The van der Waals surface area contributed by atoms with Gasteiger partial charge in [0.15, 0.2) is 0 Å². The van der Waals surface area contributed by atoms with Gasteiger partial charge in [-0.05, 0) is 44.5 Å². The standard InChI is InChI=1S/C20H24N6O/c1-25(15-3-2-7-21-8-6-15)20-13-23-18(12-24-20)17-5-4-16(11-19(17)27)26-10-9-22-14-26/h4-5,9-15,21,27H,2-3,6-8H2,1H3/t15-/m0/s1. The summed E-state index contributed by atoms with van der Waals surface area (Å²) in [4.78, 5) is 15.4. The summed E-state index contributed by atoms with van der Waals surface area (Å²) in [5.74, 6) is 1.03. The van der Waals surface area contributed by atoms with E-state index < -0.39 is 0 Å². The van der Waals surface area contributed by atoms with Gasteiger partial charge in [-0.25, -0.2) is 9.97 Å². The molecule has 1 fully saturated rings. The largest absolute Gasteiger partial charge is 0.507 e. The number of rotatable bonds is 4. The van der Waals surface area contributed by atoms with Crippen LogP contribution < -0.4 is 10.2 Å². The van der Waals surface area contributed by atoms with Gasteiger partial charge < -0.3 is 19.9 Å². The number of nitrogens with zero attached hydrogens (tertiary/aromatic N) is 5. The second-order valence-electron chi connectivity index (χ2n) is 6.88. The van der Waals surface area contributed by atoms with Crippen LogP contribution in [-0.4, -0.2) is 50.8 Å². The maximum absolute atomic E-state index is 10.4. The molecule has 1 atom stereocenters. The van der Waals surface area contributed by atoms with E-state index in [1.54, 1.807) is 31.0 Å². The highest BCUT2D eigenvalue weighted by atomic mass is 16.3. The van der Waals surface area contributed by atoms with Gasteiger partial charge >= 0.3 is 0 Å². The van der Waals surface area contributed by atoms with Gasteiger partial charge in [-0.3, -0.25) is 4.98 Å². The molecule has 0 radical (unpaired) electrons. The first-order valence-corrected chi connectivity index (χ1v) is 9.29. The molecule has 2 aromatic heterocycles. The number of hydrogen-bond donors (Lipinski definition) is 2. The van der Waals surface area contributed by atoms with Crippen molar-refractivity contribution in [3.63, 3.8) is 0 Å². The predicted molar refractivity (Wildman–Crippen MR) is 105 cm³/mol. The summed E-state index contributed by atoms with van der Waals surface area (Å²) >= 11 is 0. The molecule has 1 saturated heterocycles. The van der Waals surface area contributed by atoms with Crippen LogP contribution in [0, 0.1) is 0 Å². The molecule has 0 saturated carbocycles. The Labute approximate surface area is 158 Å². The summed E-state index contributed by atoms with van der Waals surface area (Å²) in [5.41, 5.74) is 2.17. The average Bonchev–Trinajstić information content (AvgIpc) is 3.10. The molecule has 7 heteroatoms. The maximum Gasteiger partial charge on any atom is 0.147 e. The number of hydrogen-bond acceptors (Lipinski definition) is 6. The van der Waals surface area contributed by atoms with Crippen LogP contribution in [-0.2, 0) is 0 Å². The minimum absolute atomic E-state index is 0.173. The monoisotopic (exact) mass is 364 g/mol. The summed E-state index contributed by atoms with van der Waals surface area (Å²) in [5, 5.41) is 13.9. The van der Waals surface area contributed by atoms with E-state index in [2.05, 4.69) is 32.2 Å². The highest BCUT2D eigenvalue weighted by Gasteiger charge is 2.18. The first-order chi connectivity index (χ1) is 13.2. The van der Waals surface area contributed by atoms with Crippen LogP contribution in [0.4, 0.5) is 5.82 Å². The van der Waals surface area contributed by atoms with Crippen LogP contribution in [0.2, 0.25) is 0 Å². The number of phenols is 1. The first-order valence-electron chi connectivity index (χ1n) is 9.29. The van der Waals surface area contributed by atoms with Gasteiger partial charge in [-0.1, -0.05) is 0 Å². The van der Waals surface area contributed by atoms with Gasteiger partial charge in [0.25, 0.3) is 0 Å². The van der Waals surface area contributed by atoms with Crippen molar-refractivity contribution in [2.75, 3.05) is 25.0 Å². The minimum Gasteiger partial charge on any atom is -0.507 e. The molecular weight excluding hydrogens is 340 g/mol. The van der Waals surface area contributed by atoms with Gasteiger partial charge in [0.1, 0.15) is 11.6 Å². The Bertz CT molecular complexity index is 870. The molecule has 0 aliphatic carbocycles. The van der Waals surface area contributed by atoms with E-state index >= 15 is 0 Å². The van der Waals surface area contributed by atoms with Crippen LogP contribution in [0.25, 0.3) is 16.9 Å². The van der Waals surface area contributed by atoms with Gasteiger partial charge in [0.2, 0.25) is 0 Å². The van der Waals surface area contributed by atoms with Crippen LogP contribution >= 0.6 is 0 Å². The highest BCUT2D eigenvalue weighted by Crippen LogP contribution is 2.30. The number of benzene rings is 1. The van der Waals surface area contributed by atoms with Gasteiger partial charge in [-0.2, -0.15) is 0 Å². The third-order valence-corrected chi connectivity index (χ3v) is 5.15. The summed E-state index contributed by atoms with van der Waals surface area (Å²) in [7, 11) is 2.08. The van der Waals surface area contributed by atoms with Crippen molar-refractivity contribution in [2.45, 2.75) is 25.3 Å². The Morgan fingerprint density at radius 2 is 2.11 bits per heavy atom. The SMILES string of the molecule is CN(c1cnc(-c2ccc(-n3ccnc3)cc2O)cn1)[C@H]1CCCNCC1. The maximum atomic E-state index is 10.4. The van der Waals surface area contributed by atoms with Crippen molar-refractivity contribution in [2.24, 2.45) is 0 Å². The number of aromatic hydroxyl groups is 1. The van der Waals surface area contributed by atoms with Gasteiger partial charge in [0, 0.05) is 37.1 Å². The fraction of sp³-hybridized carbons (Fsp3) is 0.350. The molecule has 3 heterocycles. The van der Waals surface area contributed by atoms with E-state index in [-0.39, 0.29) is 5.75 Å². The number of aromatic nitrogens is 4. The third kappa shape index (κ3) is 3.78. The molecule has 1 aliphatic rings. The molecule has 0 bridgehead atoms. The zero-order valence-corrected chi connectivity index (χ0v) is 15.4. The quantitative estimate of drug-likeness (QED) is 0.741. The lowest BCUT2D eigenvalue weighted by Crippen LogP contribution is -2.33. The second kappa shape index (κ2) is 7.75. The summed E-state index contributed by atoms with van der Waals surface area (Å²) in [6.07, 6.45) is 12.2. The Hall–Kier alpha value is -2.93.